The molecule has 1 saturated heterocycles. The summed E-state index contributed by atoms with van der Waals surface area (Å²) >= 11 is 0. The van der Waals surface area contributed by atoms with Crippen molar-refractivity contribution in [2.45, 2.75) is 57.7 Å². The predicted octanol–water partition coefficient (Wildman–Crippen LogP) is 4.90. The summed E-state index contributed by atoms with van der Waals surface area (Å²) in [6, 6.07) is 18.4. The normalized spacial score (nSPS) is 18.4. The number of piperidine rings is 1. The molecule has 0 aliphatic carbocycles. The van der Waals surface area contributed by atoms with Gasteiger partial charge in [-0.3, -0.25) is 0 Å². The fraction of sp³-hybridized carbons (Fsp3) is 0.367. The van der Waals surface area contributed by atoms with Crippen LogP contribution in [-0.2, 0) is 4.79 Å². The Hall–Kier alpha value is -2.69. The number of nitrogens with zero attached hydrogens (tertiary/aromatic N) is 1. The van der Waals surface area contributed by atoms with E-state index in [0.717, 1.165) is 28.8 Å². The molecular formula is C30H36F3N2OP. The Morgan fingerprint density at radius 1 is 0.757 bits per heavy atom. The van der Waals surface area contributed by atoms with Gasteiger partial charge in [0.2, 0.25) is 0 Å². The molecule has 0 radical (unpaired) electrons. The van der Waals surface area contributed by atoms with E-state index < -0.39 is 7.26 Å². The van der Waals surface area contributed by atoms with Crippen molar-refractivity contribution < 1.29 is 18.0 Å². The van der Waals surface area contributed by atoms with E-state index in [1.807, 2.05) is 0 Å². The van der Waals surface area contributed by atoms with Crippen molar-refractivity contribution in [1.82, 2.24) is 10.2 Å². The summed E-state index contributed by atoms with van der Waals surface area (Å²) in [6.45, 7) is 8.73. The summed E-state index contributed by atoms with van der Waals surface area (Å²) in [5, 5.41) is 5.69. The molecule has 1 aliphatic rings. The first kappa shape index (κ1) is 27.3. The van der Waals surface area contributed by atoms with Gasteiger partial charge in [0.25, 0.3) is 0 Å². The van der Waals surface area contributed by atoms with E-state index in [1.165, 1.54) is 36.4 Å². The molecule has 1 heterocycles. The van der Waals surface area contributed by atoms with Gasteiger partial charge in [0, 0.05) is 0 Å². The second-order valence-electron chi connectivity index (χ2n) is 11.5. The van der Waals surface area contributed by atoms with Crippen LogP contribution in [0.1, 0.15) is 40.5 Å². The summed E-state index contributed by atoms with van der Waals surface area (Å²) in [6.07, 6.45) is 1.73. The monoisotopic (exact) mass is 528 g/mol. The average Bonchev–Trinajstić information content (AvgIpc) is 2.82. The zero-order chi connectivity index (χ0) is 27.0. The molecule has 0 spiro atoms. The summed E-state index contributed by atoms with van der Waals surface area (Å²) in [5.74, 6) is -1.27. The number of likely N-dealkylation sites (tertiary alicyclic amines) is 1. The number of rotatable bonds is 6. The first-order valence-electron chi connectivity index (χ1n) is 12.6. The Morgan fingerprint density at radius 3 is 1.41 bits per heavy atom. The molecule has 0 aromatic heterocycles. The zero-order valence-electron chi connectivity index (χ0n) is 22.1. The van der Waals surface area contributed by atoms with Crippen LogP contribution in [0, 0.1) is 17.5 Å². The van der Waals surface area contributed by atoms with Crippen LogP contribution in [0.5, 0.6) is 0 Å². The fourth-order valence-electron chi connectivity index (χ4n) is 6.00. The molecular weight excluding hydrogens is 492 g/mol. The number of benzene rings is 3. The van der Waals surface area contributed by atoms with Crippen molar-refractivity contribution in [3.8, 4) is 0 Å². The molecule has 1 amide bonds. The summed E-state index contributed by atoms with van der Waals surface area (Å²) < 4.78 is 41.9. The molecule has 198 valence electrons. The van der Waals surface area contributed by atoms with Gasteiger partial charge in [0.15, 0.2) is 0 Å². The van der Waals surface area contributed by atoms with Gasteiger partial charge in [-0.15, -0.1) is 0 Å². The molecule has 3 aromatic carbocycles. The van der Waals surface area contributed by atoms with E-state index in [1.54, 1.807) is 36.4 Å². The predicted molar refractivity (Wildman–Crippen MR) is 148 cm³/mol. The third-order valence-electron chi connectivity index (χ3n) is 8.11. The van der Waals surface area contributed by atoms with E-state index in [9.17, 15) is 18.0 Å². The number of hydrogen-bond acceptors (Lipinski definition) is 2. The van der Waals surface area contributed by atoms with Gasteiger partial charge in [0.1, 0.15) is 0 Å². The van der Waals surface area contributed by atoms with E-state index in [4.69, 9.17) is 0 Å². The fourth-order valence-corrected chi connectivity index (χ4v) is 10.4. The Kier molecular flexibility index (Phi) is 7.56. The Morgan fingerprint density at radius 2 is 1.08 bits per heavy atom. The van der Waals surface area contributed by atoms with Crippen LogP contribution in [0.25, 0.3) is 0 Å². The first-order valence-corrected chi connectivity index (χ1v) is 14.9. The summed E-state index contributed by atoms with van der Waals surface area (Å²) in [4.78, 5) is 16.2. The first-order chi connectivity index (χ1) is 17.3. The number of carbonyl (C=O) groups excluding carboxylic acids is 1. The summed E-state index contributed by atoms with van der Waals surface area (Å²) in [5.41, 5.74) is -0.196. The minimum atomic E-state index is -3.15. The van der Waals surface area contributed by atoms with Gasteiger partial charge >= 0.3 is 218 Å². The third-order valence-corrected chi connectivity index (χ3v) is 12.9. The topological polar surface area (TPSA) is 32.3 Å². The van der Waals surface area contributed by atoms with Gasteiger partial charge < -0.3 is 0 Å². The van der Waals surface area contributed by atoms with Crippen LogP contribution in [0.4, 0.5) is 13.2 Å². The van der Waals surface area contributed by atoms with E-state index in [0.29, 0.717) is 0 Å². The Labute approximate surface area is 218 Å². The molecule has 3 aromatic rings. The van der Waals surface area contributed by atoms with Gasteiger partial charge in [0.05, 0.1) is 0 Å². The third kappa shape index (κ3) is 5.61. The molecule has 1 N–H and O–H groups in total. The van der Waals surface area contributed by atoms with Gasteiger partial charge in [-0.05, 0) is 0 Å². The van der Waals surface area contributed by atoms with Crippen LogP contribution in [-0.4, -0.2) is 41.1 Å². The van der Waals surface area contributed by atoms with Gasteiger partial charge in [-0.1, -0.05) is 0 Å². The average molecular weight is 529 g/mol. The van der Waals surface area contributed by atoms with Crippen molar-refractivity contribution >= 4 is 29.1 Å². The molecule has 0 saturated carbocycles. The van der Waals surface area contributed by atoms with Crippen LogP contribution < -0.4 is 21.2 Å². The van der Waals surface area contributed by atoms with E-state index in [2.05, 4.69) is 45.0 Å². The number of halogens is 3. The number of carbonyl (C=O) groups is 1. The quantitative estimate of drug-likeness (QED) is 0.462. The summed E-state index contributed by atoms with van der Waals surface area (Å²) in [7, 11) is -1.03. The SMILES string of the molecule is CN1C(C)(C)CC(NC(=O)C[PH](c2ccc(F)cc2)(c2ccc(F)cc2)c2ccc(F)cc2)CC1(C)C. The number of amides is 1. The van der Waals surface area contributed by atoms with Crippen LogP contribution >= 0.6 is 7.26 Å². The van der Waals surface area contributed by atoms with Gasteiger partial charge in [-0.2, -0.15) is 0 Å². The van der Waals surface area contributed by atoms with Crippen molar-refractivity contribution in [3.63, 3.8) is 0 Å². The Bertz CT molecular complexity index is 1110. The standard InChI is InChI=1S/C30H36F3N2OP/c1-29(2)18-24(19-30(3,4)35(29)5)34-28(36)20-37(25-12-6-21(31)7-13-25,26-14-8-22(32)9-15-26)27-16-10-23(33)11-17-27/h6-17,24,37H,18-20H2,1-5H3,(H,34,36). The van der Waals surface area contributed by atoms with E-state index >= 15 is 0 Å². The molecule has 7 heteroatoms. The molecule has 0 atom stereocenters. The molecule has 1 fully saturated rings. The van der Waals surface area contributed by atoms with Gasteiger partial charge in [-0.25, -0.2) is 0 Å². The van der Waals surface area contributed by atoms with E-state index in [-0.39, 0.29) is 46.6 Å². The molecule has 0 bridgehead atoms. The molecule has 1 aliphatic heterocycles. The van der Waals surface area contributed by atoms with Crippen molar-refractivity contribution in [2.24, 2.45) is 0 Å². The number of hydrogen-bond donors (Lipinski definition) is 1. The van der Waals surface area contributed by atoms with Crippen molar-refractivity contribution in [3.05, 3.63) is 90.2 Å². The second-order valence-corrected chi connectivity index (χ2v) is 15.4. The maximum atomic E-state index is 14.0. The maximum absolute atomic E-state index is 14.0. The minimum absolute atomic E-state index is 0.0185. The van der Waals surface area contributed by atoms with Crippen LogP contribution in [0.2, 0.25) is 0 Å². The Balaban J connectivity index is 1.79. The molecule has 4 rings (SSSR count). The van der Waals surface area contributed by atoms with Crippen molar-refractivity contribution in [2.75, 3.05) is 13.2 Å². The number of nitrogens with one attached hydrogen (secondary N) is 1. The van der Waals surface area contributed by atoms with Crippen molar-refractivity contribution in [1.29, 1.82) is 0 Å². The molecule has 3 nitrogen and oxygen atoms in total. The molecule has 0 unspecified atom stereocenters. The van der Waals surface area contributed by atoms with Crippen LogP contribution in [0.3, 0.4) is 0 Å². The zero-order valence-corrected chi connectivity index (χ0v) is 23.1. The van der Waals surface area contributed by atoms with Crippen LogP contribution in [0.15, 0.2) is 72.8 Å². The molecule has 37 heavy (non-hydrogen) atoms. The second kappa shape index (κ2) is 10.2.